The maximum absolute atomic E-state index is 12.6. The van der Waals surface area contributed by atoms with Gasteiger partial charge in [-0.05, 0) is 47.5 Å². The topological polar surface area (TPSA) is 51.2 Å². The molecule has 0 spiro atoms. The lowest BCUT2D eigenvalue weighted by Gasteiger charge is -2.08. The Morgan fingerprint density at radius 3 is 1.45 bits per heavy atom. The first kappa shape index (κ1) is 14.9. The molecule has 2 rings (SSSR count). The number of benzene rings is 2. The first-order valence-electron chi connectivity index (χ1n) is 5.52. The molecule has 0 amide bonds. The van der Waals surface area contributed by atoms with Crippen LogP contribution in [-0.2, 0) is 10.8 Å². The highest BCUT2D eigenvalue weighted by Gasteiger charge is 2.19. The second-order valence-electron chi connectivity index (χ2n) is 3.81. The van der Waals surface area contributed by atoms with Gasteiger partial charge in [-0.1, -0.05) is 24.3 Å². The average molecular weight is 327 g/mol. The van der Waals surface area contributed by atoms with Gasteiger partial charge in [0.25, 0.3) is 10.5 Å². The van der Waals surface area contributed by atoms with Gasteiger partial charge in [-0.25, -0.2) is 4.21 Å². The third-order valence-electron chi connectivity index (χ3n) is 2.60. The fourth-order valence-corrected chi connectivity index (χ4v) is 3.50. The second-order valence-corrected chi connectivity index (χ2v) is 5.91. The summed E-state index contributed by atoms with van der Waals surface area (Å²) in [5.41, 5.74) is 0.286. The summed E-state index contributed by atoms with van der Waals surface area (Å²) in [6, 6.07) is 12.5. The summed E-state index contributed by atoms with van der Waals surface area (Å²) in [4.78, 5) is 23.2. The fourth-order valence-electron chi connectivity index (χ4n) is 1.70. The maximum atomic E-state index is 12.6. The van der Waals surface area contributed by atoms with Gasteiger partial charge in [-0.15, -0.1) is 0 Å². The molecule has 0 aromatic heterocycles. The van der Waals surface area contributed by atoms with Crippen LogP contribution in [0.3, 0.4) is 0 Å². The summed E-state index contributed by atoms with van der Waals surface area (Å²) < 4.78 is 12.6. The molecule has 0 bridgehead atoms. The smallest absolute Gasteiger partial charge is 0.253 e. The Morgan fingerprint density at radius 2 is 1.10 bits per heavy atom. The second kappa shape index (κ2) is 6.31. The summed E-state index contributed by atoms with van der Waals surface area (Å²) in [5, 5.41) is -1.41. The zero-order valence-corrected chi connectivity index (χ0v) is 12.3. The van der Waals surface area contributed by atoms with Crippen molar-refractivity contribution >= 4 is 44.5 Å². The minimum absolute atomic E-state index is 0.143. The predicted octanol–water partition coefficient (Wildman–Crippen LogP) is 3.61. The van der Waals surface area contributed by atoms with E-state index in [4.69, 9.17) is 23.2 Å². The maximum Gasteiger partial charge on any atom is 0.253 e. The molecule has 0 atom stereocenters. The van der Waals surface area contributed by atoms with Crippen molar-refractivity contribution in [2.75, 3.05) is 0 Å². The van der Waals surface area contributed by atoms with E-state index in [0.29, 0.717) is 0 Å². The summed E-state index contributed by atoms with van der Waals surface area (Å²) in [6.07, 6.45) is 0. The van der Waals surface area contributed by atoms with Crippen LogP contribution in [0.2, 0.25) is 0 Å². The van der Waals surface area contributed by atoms with Crippen LogP contribution in [0.1, 0.15) is 20.7 Å². The lowest BCUT2D eigenvalue weighted by molar-refractivity contribution is 0.107. The van der Waals surface area contributed by atoms with E-state index < -0.39 is 21.3 Å². The van der Waals surface area contributed by atoms with E-state index in [-0.39, 0.29) is 20.9 Å². The lowest BCUT2D eigenvalue weighted by Crippen LogP contribution is -2.04. The van der Waals surface area contributed by atoms with Crippen LogP contribution < -0.4 is 0 Å². The molecular formula is C14H8Cl2O3S. The molecule has 2 aromatic carbocycles. The minimum atomic E-state index is -1.72. The standard InChI is InChI=1S/C14H8Cl2O3S/c15-13(17)9-5-1-3-7-11(9)20(19)12-8-4-2-6-10(12)14(16)18/h1-8H. The Morgan fingerprint density at radius 1 is 0.750 bits per heavy atom. The number of carbonyl (C=O) groups excluding carboxylic acids is 2. The molecule has 0 saturated heterocycles. The first-order chi connectivity index (χ1) is 9.52. The third-order valence-corrected chi connectivity index (χ3v) is 4.52. The van der Waals surface area contributed by atoms with Crippen molar-refractivity contribution in [2.45, 2.75) is 9.79 Å². The molecule has 0 aliphatic heterocycles. The largest absolute Gasteiger partial charge is 0.276 e. The van der Waals surface area contributed by atoms with E-state index in [9.17, 15) is 13.8 Å². The van der Waals surface area contributed by atoms with E-state index in [2.05, 4.69) is 0 Å². The van der Waals surface area contributed by atoms with E-state index >= 15 is 0 Å². The van der Waals surface area contributed by atoms with Crippen molar-refractivity contribution in [3.63, 3.8) is 0 Å². The van der Waals surface area contributed by atoms with Crippen molar-refractivity contribution in [2.24, 2.45) is 0 Å². The molecule has 2 aromatic rings. The molecule has 0 saturated carbocycles. The van der Waals surface area contributed by atoms with Gasteiger partial charge >= 0.3 is 0 Å². The van der Waals surface area contributed by atoms with E-state index in [1.807, 2.05) is 0 Å². The number of hydrogen-bond acceptors (Lipinski definition) is 3. The predicted molar refractivity (Wildman–Crippen MR) is 77.9 cm³/mol. The van der Waals surface area contributed by atoms with Crippen molar-refractivity contribution < 1.29 is 13.8 Å². The van der Waals surface area contributed by atoms with E-state index in [1.165, 1.54) is 24.3 Å². The molecule has 20 heavy (non-hydrogen) atoms. The molecule has 0 fully saturated rings. The van der Waals surface area contributed by atoms with Crippen LogP contribution >= 0.6 is 23.2 Å². The van der Waals surface area contributed by atoms with Gasteiger partial charge in [0.2, 0.25) is 0 Å². The lowest BCUT2D eigenvalue weighted by atomic mass is 10.2. The van der Waals surface area contributed by atoms with Crippen molar-refractivity contribution in [3.8, 4) is 0 Å². The SMILES string of the molecule is O=C(Cl)c1ccccc1S(=O)c1ccccc1C(=O)Cl. The van der Waals surface area contributed by atoms with Crippen LogP contribution in [0.4, 0.5) is 0 Å². The van der Waals surface area contributed by atoms with E-state index in [1.54, 1.807) is 24.3 Å². The average Bonchev–Trinajstić information content (AvgIpc) is 2.46. The molecule has 0 radical (unpaired) electrons. The van der Waals surface area contributed by atoms with Gasteiger partial charge in [0, 0.05) is 0 Å². The highest BCUT2D eigenvalue weighted by molar-refractivity contribution is 7.85. The normalized spacial score (nSPS) is 10.6. The van der Waals surface area contributed by atoms with Crippen LogP contribution in [0.15, 0.2) is 58.3 Å². The molecular weight excluding hydrogens is 319 g/mol. The molecule has 0 heterocycles. The van der Waals surface area contributed by atoms with Crippen molar-refractivity contribution in [3.05, 3.63) is 59.7 Å². The monoisotopic (exact) mass is 326 g/mol. The summed E-state index contributed by atoms with van der Waals surface area (Å²) in [5.74, 6) is 0. The fraction of sp³-hybridized carbons (Fsp3) is 0. The van der Waals surface area contributed by atoms with Gasteiger partial charge in [0.05, 0.1) is 31.7 Å². The Balaban J connectivity index is 2.59. The highest BCUT2D eigenvalue weighted by atomic mass is 35.5. The molecule has 0 unspecified atom stereocenters. The zero-order chi connectivity index (χ0) is 14.7. The van der Waals surface area contributed by atoms with Crippen LogP contribution in [0.5, 0.6) is 0 Å². The van der Waals surface area contributed by atoms with Gasteiger partial charge in [-0.2, -0.15) is 0 Å². The number of rotatable bonds is 4. The molecule has 0 aliphatic rings. The zero-order valence-electron chi connectivity index (χ0n) is 10.0. The highest BCUT2D eigenvalue weighted by Crippen LogP contribution is 2.25. The number of halogens is 2. The van der Waals surface area contributed by atoms with Gasteiger partial charge in [-0.3, -0.25) is 9.59 Å². The summed E-state index contributed by atoms with van der Waals surface area (Å²) in [6.45, 7) is 0. The molecule has 102 valence electrons. The molecule has 3 nitrogen and oxygen atoms in total. The molecule has 0 aliphatic carbocycles. The van der Waals surface area contributed by atoms with E-state index in [0.717, 1.165) is 0 Å². The van der Waals surface area contributed by atoms with Crippen LogP contribution in [-0.4, -0.2) is 14.7 Å². The molecule has 0 N–H and O–H groups in total. The Kier molecular flexibility index (Phi) is 4.70. The minimum Gasteiger partial charge on any atom is -0.276 e. The Labute approximate surface area is 128 Å². The van der Waals surface area contributed by atoms with Crippen molar-refractivity contribution in [1.82, 2.24) is 0 Å². The van der Waals surface area contributed by atoms with Crippen LogP contribution in [0.25, 0.3) is 0 Å². The number of hydrogen-bond donors (Lipinski definition) is 0. The molecule has 6 heteroatoms. The van der Waals surface area contributed by atoms with Crippen molar-refractivity contribution in [1.29, 1.82) is 0 Å². The van der Waals surface area contributed by atoms with Crippen LogP contribution in [0, 0.1) is 0 Å². The van der Waals surface area contributed by atoms with Gasteiger partial charge in [0.15, 0.2) is 0 Å². The quantitative estimate of drug-likeness (QED) is 0.806. The van der Waals surface area contributed by atoms with Gasteiger partial charge in [0.1, 0.15) is 0 Å². The number of carbonyl (C=O) groups is 2. The Hall–Kier alpha value is -1.49. The Bertz CT molecular complexity index is 654. The first-order valence-corrected chi connectivity index (χ1v) is 7.42. The summed E-state index contributed by atoms with van der Waals surface area (Å²) >= 11 is 11.0. The third kappa shape index (κ3) is 2.98. The summed E-state index contributed by atoms with van der Waals surface area (Å²) in [7, 11) is -1.72. The van der Waals surface area contributed by atoms with Gasteiger partial charge < -0.3 is 0 Å².